The van der Waals surface area contributed by atoms with E-state index in [-0.39, 0.29) is 6.54 Å². The molecular formula is C18H17FN4O2S. The van der Waals surface area contributed by atoms with Crippen molar-refractivity contribution in [3.05, 3.63) is 35.3 Å². The number of hydrogen-bond donors (Lipinski definition) is 0. The Kier molecular flexibility index (Phi) is 3.25. The summed E-state index contributed by atoms with van der Waals surface area (Å²) in [5.74, 6) is -1.03. The summed E-state index contributed by atoms with van der Waals surface area (Å²) in [6.45, 7) is 1.19. The first-order valence-corrected chi connectivity index (χ1v) is 9.47. The van der Waals surface area contributed by atoms with Gasteiger partial charge in [-0.1, -0.05) is 41.7 Å². The SMILES string of the molecule is O=C1C(=O)N(C23CC(F)(C2)C3)CCN1Cc1nnc(-c2ccccc2)s1. The Balaban J connectivity index is 1.27. The van der Waals surface area contributed by atoms with Gasteiger partial charge >= 0.3 is 11.8 Å². The lowest BCUT2D eigenvalue weighted by atomic mass is 9.46. The Bertz CT molecular complexity index is 880. The molecule has 4 fully saturated rings. The molecule has 1 aliphatic heterocycles. The highest BCUT2D eigenvalue weighted by molar-refractivity contribution is 7.14. The lowest BCUT2D eigenvalue weighted by Crippen LogP contribution is -2.79. The molecule has 6 rings (SSSR count). The van der Waals surface area contributed by atoms with Crippen molar-refractivity contribution in [1.29, 1.82) is 0 Å². The fourth-order valence-corrected chi connectivity index (χ4v) is 5.22. The number of benzene rings is 1. The van der Waals surface area contributed by atoms with E-state index in [9.17, 15) is 14.0 Å². The van der Waals surface area contributed by atoms with Gasteiger partial charge in [0.2, 0.25) is 0 Å². The lowest BCUT2D eigenvalue weighted by Gasteiger charge is -2.69. The number of piperazine rings is 1. The molecule has 0 unspecified atom stereocenters. The molecule has 1 aromatic carbocycles. The molecule has 2 amide bonds. The third kappa shape index (κ3) is 2.28. The van der Waals surface area contributed by atoms with Crippen LogP contribution in [0, 0.1) is 0 Å². The average molecular weight is 372 g/mol. The Morgan fingerprint density at radius 3 is 2.46 bits per heavy atom. The van der Waals surface area contributed by atoms with Gasteiger partial charge in [-0.15, -0.1) is 10.2 Å². The van der Waals surface area contributed by atoms with Crippen LogP contribution in [0.25, 0.3) is 10.6 Å². The van der Waals surface area contributed by atoms with Crippen LogP contribution in [0.3, 0.4) is 0 Å². The largest absolute Gasteiger partial charge is 0.327 e. The zero-order chi connectivity index (χ0) is 17.9. The number of amides is 2. The maximum atomic E-state index is 13.8. The molecule has 0 N–H and O–H groups in total. The highest BCUT2D eigenvalue weighted by Crippen LogP contribution is 2.66. The van der Waals surface area contributed by atoms with Crippen molar-refractivity contribution in [1.82, 2.24) is 20.0 Å². The highest BCUT2D eigenvalue weighted by atomic mass is 32.1. The monoisotopic (exact) mass is 372 g/mol. The maximum Gasteiger partial charge on any atom is 0.312 e. The van der Waals surface area contributed by atoms with Crippen LogP contribution in [0.1, 0.15) is 24.3 Å². The number of carbonyl (C=O) groups is 2. The minimum absolute atomic E-state index is 0.281. The van der Waals surface area contributed by atoms with Gasteiger partial charge < -0.3 is 9.80 Å². The molecular weight excluding hydrogens is 355 g/mol. The summed E-state index contributed by atoms with van der Waals surface area (Å²) in [7, 11) is 0. The Morgan fingerprint density at radius 1 is 1.04 bits per heavy atom. The van der Waals surface area contributed by atoms with Gasteiger partial charge in [-0.05, 0) is 0 Å². The van der Waals surface area contributed by atoms with E-state index in [0.29, 0.717) is 37.4 Å². The molecule has 2 heterocycles. The quantitative estimate of drug-likeness (QED) is 0.770. The number of carbonyl (C=O) groups excluding carboxylic acids is 2. The number of rotatable bonds is 4. The molecule has 134 valence electrons. The molecule has 8 heteroatoms. The molecule has 2 bridgehead atoms. The molecule has 1 saturated heterocycles. The van der Waals surface area contributed by atoms with Crippen molar-refractivity contribution in [2.24, 2.45) is 0 Å². The van der Waals surface area contributed by atoms with E-state index in [2.05, 4.69) is 10.2 Å². The minimum atomic E-state index is -1.08. The number of halogens is 1. The molecule has 4 aliphatic rings. The van der Waals surface area contributed by atoms with Crippen LogP contribution < -0.4 is 0 Å². The summed E-state index contributed by atoms with van der Waals surface area (Å²) in [4.78, 5) is 28.1. The summed E-state index contributed by atoms with van der Waals surface area (Å²) >= 11 is 1.42. The molecule has 3 saturated carbocycles. The minimum Gasteiger partial charge on any atom is -0.327 e. The Morgan fingerprint density at radius 2 is 1.77 bits per heavy atom. The zero-order valence-electron chi connectivity index (χ0n) is 14.0. The first kappa shape index (κ1) is 15.9. The average Bonchev–Trinajstić information content (AvgIpc) is 3.05. The van der Waals surface area contributed by atoms with Crippen LogP contribution in [-0.2, 0) is 16.1 Å². The van der Waals surface area contributed by atoms with Crippen LogP contribution in [0.2, 0.25) is 0 Å². The van der Waals surface area contributed by atoms with Gasteiger partial charge in [0, 0.05) is 37.9 Å². The van der Waals surface area contributed by atoms with Crippen LogP contribution in [0.15, 0.2) is 30.3 Å². The lowest BCUT2D eigenvalue weighted by molar-refractivity contribution is -0.230. The molecule has 6 nitrogen and oxygen atoms in total. The second-order valence-electron chi connectivity index (χ2n) is 7.46. The summed E-state index contributed by atoms with van der Waals surface area (Å²) in [6, 6.07) is 9.72. The van der Waals surface area contributed by atoms with Crippen molar-refractivity contribution in [3.8, 4) is 10.6 Å². The Labute approximate surface area is 153 Å². The van der Waals surface area contributed by atoms with E-state index in [1.165, 1.54) is 16.2 Å². The second kappa shape index (κ2) is 5.33. The van der Waals surface area contributed by atoms with Gasteiger partial charge in [-0.3, -0.25) is 9.59 Å². The van der Waals surface area contributed by atoms with Gasteiger partial charge in [-0.2, -0.15) is 0 Å². The van der Waals surface area contributed by atoms with E-state index in [1.54, 1.807) is 4.90 Å². The summed E-state index contributed by atoms with van der Waals surface area (Å²) in [6.07, 6.45) is 1.15. The fourth-order valence-electron chi connectivity index (χ4n) is 4.36. The van der Waals surface area contributed by atoms with Gasteiger partial charge in [0.15, 0.2) is 0 Å². The first-order chi connectivity index (χ1) is 12.5. The van der Waals surface area contributed by atoms with Gasteiger partial charge in [0.1, 0.15) is 15.7 Å². The van der Waals surface area contributed by atoms with Gasteiger partial charge in [-0.25, -0.2) is 4.39 Å². The topological polar surface area (TPSA) is 66.4 Å². The molecule has 26 heavy (non-hydrogen) atoms. The standard InChI is InChI=1S/C18H17FN4O2S/c19-17-9-18(10-17,11-17)23-7-6-22(15(24)16(23)25)8-13-20-21-14(26-13)12-4-2-1-3-5-12/h1-5H,6-11H2. The van der Waals surface area contributed by atoms with Crippen LogP contribution >= 0.6 is 11.3 Å². The smallest absolute Gasteiger partial charge is 0.312 e. The van der Waals surface area contributed by atoms with Crippen molar-refractivity contribution < 1.29 is 14.0 Å². The third-order valence-electron chi connectivity index (χ3n) is 5.63. The van der Waals surface area contributed by atoms with E-state index < -0.39 is 23.0 Å². The molecule has 0 spiro atoms. The van der Waals surface area contributed by atoms with Crippen LogP contribution in [-0.4, -0.2) is 56.1 Å². The highest BCUT2D eigenvalue weighted by Gasteiger charge is 2.73. The molecule has 1 aromatic heterocycles. The van der Waals surface area contributed by atoms with Gasteiger partial charge in [0.25, 0.3) is 0 Å². The summed E-state index contributed by atoms with van der Waals surface area (Å²) in [5, 5.41) is 9.83. The normalized spacial score (nSPS) is 30.2. The predicted octanol–water partition coefficient (Wildman–Crippen LogP) is 2.02. The molecule has 0 atom stereocenters. The molecule has 3 aliphatic carbocycles. The van der Waals surface area contributed by atoms with Crippen molar-refractivity contribution in [3.63, 3.8) is 0 Å². The van der Waals surface area contributed by atoms with Crippen LogP contribution in [0.5, 0.6) is 0 Å². The third-order valence-corrected chi connectivity index (χ3v) is 6.59. The van der Waals surface area contributed by atoms with E-state index in [0.717, 1.165) is 10.6 Å². The summed E-state index contributed by atoms with van der Waals surface area (Å²) < 4.78 is 13.8. The molecule has 2 aromatic rings. The number of nitrogens with zero attached hydrogens (tertiary/aromatic N) is 4. The fraction of sp³-hybridized carbons (Fsp3) is 0.444. The first-order valence-electron chi connectivity index (χ1n) is 8.66. The second-order valence-corrected chi connectivity index (χ2v) is 8.52. The number of alkyl halides is 1. The van der Waals surface area contributed by atoms with E-state index in [1.807, 2.05) is 30.3 Å². The zero-order valence-corrected chi connectivity index (χ0v) is 14.8. The van der Waals surface area contributed by atoms with Crippen LogP contribution in [0.4, 0.5) is 4.39 Å². The summed E-state index contributed by atoms with van der Waals surface area (Å²) in [5.41, 5.74) is -0.496. The van der Waals surface area contributed by atoms with Gasteiger partial charge in [0.05, 0.1) is 12.1 Å². The predicted molar refractivity (Wildman–Crippen MR) is 92.9 cm³/mol. The van der Waals surface area contributed by atoms with Crippen molar-refractivity contribution >= 4 is 23.2 Å². The van der Waals surface area contributed by atoms with E-state index in [4.69, 9.17) is 0 Å². The maximum absolute atomic E-state index is 13.8. The molecule has 0 radical (unpaired) electrons. The van der Waals surface area contributed by atoms with E-state index >= 15 is 0 Å². The van der Waals surface area contributed by atoms with Crippen molar-refractivity contribution in [2.45, 2.75) is 37.0 Å². The number of hydrogen-bond acceptors (Lipinski definition) is 5. The Hall–Kier alpha value is -2.35. The number of aromatic nitrogens is 2. The van der Waals surface area contributed by atoms with Crippen molar-refractivity contribution in [2.75, 3.05) is 13.1 Å².